The maximum atomic E-state index is 12.3. The van der Waals surface area contributed by atoms with E-state index in [4.69, 9.17) is 16.7 Å². The van der Waals surface area contributed by atoms with Crippen molar-refractivity contribution in [1.82, 2.24) is 4.90 Å². The van der Waals surface area contributed by atoms with Gasteiger partial charge in [0.15, 0.2) is 0 Å². The minimum atomic E-state index is -0.449. The number of carbonyl (C=O) groups excluding carboxylic acids is 2. The van der Waals surface area contributed by atoms with Gasteiger partial charge in [-0.2, -0.15) is 0 Å². The van der Waals surface area contributed by atoms with Crippen LogP contribution in [0.3, 0.4) is 0 Å². The molecule has 0 bridgehead atoms. The zero-order valence-corrected chi connectivity index (χ0v) is 13.5. The van der Waals surface area contributed by atoms with Gasteiger partial charge in [0.25, 0.3) is 11.8 Å². The molecule has 122 valence electrons. The monoisotopic (exact) mass is 342 g/mol. The predicted molar refractivity (Wildman–Crippen MR) is 92.4 cm³/mol. The molecular formula is C18H15ClN2O3. The number of hydrogen-bond acceptors (Lipinski definition) is 4. The first-order valence-electron chi connectivity index (χ1n) is 7.40. The molecule has 2 aromatic carbocycles. The van der Waals surface area contributed by atoms with Crippen molar-refractivity contribution in [1.29, 1.82) is 0 Å². The largest absolute Gasteiger partial charge is 0.395 e. The van der Waals surface area contributed by atoms with Gasteiger partial charge in [-0.15, -0.1) is 0 Å². The minimum absolute atomic E-state index is 0.0186. The number of anilines is 1. The van der Waals surface area contributed by atoms with Gasteiger partial charge in [-0.3, -0.25) is 14.5 Å². The summed E-state index contributed by atoms with van der Waals surface area (Å²) in [7, 11) is 0. The zero-order chi connectivity index (χ0) is 17.1. The van der Waals surface area contributed by atoms with Gasteiger partial charge < -0.3 is 10.4 Å². The molecule has 3 rings (SSSR count). The first-order valence-corrected chi connectivity index (χ1v) is 7.78. The van der Waals surface area contributed by atoms with Crippen molar-refractivity contribution in [2.45, 2.75) is 0 Å². The van der Waals surface area contributed by atoms with Crippen LogP contribution in [0.25, 0.3) is 11.1 Å². The van der Waals surface area contributed by atoms with E-state index in [2.05, 4.69) is 5.32 Å². The van der Waals surface area contributed by atoms with Gasteiger partial charge in [0.2, 0.25) is 0 Å². The highest BCUT2D eigenvalue weighted by Gasteiger charge is 2.30. The molecule has 2 aromatic rings. The summed E-state index contributed by atoms with van der Waals surface area (Å²) in [5, 5.41) is 12.6. The number of β-amino-alcohol motifs (C(OH)–C–C–N with tert-alkyl or cyclic N) is 1. The van der Waals surface area contributed by atoms with E-state index in [1.165, 1.54) is 6.08 Å². The molecule has 5 nitrogen and oxygen atoms in total. The van der Waals surface area contributed by atoms with E-state index >= 15 is 0 Å². The average molecular weight is 343 g/mol. The van der Waals surface area contributed by atoms with Crippen molar-refractivity contribution in [3.63, 3.8) is 0 Å². The Balaban J connectivity index is 1.91. The van der Waals surface area contributed by atoms with Crippen molar-refractivity contribution in [2.75, 3.05) is 18.5 Å². The van der Waals surface area contributed by atoms with Crippen LogP contribution < -0.4 is 5.32 Å². The van der Waals surface area contributed by atoms with E-state index in [0.29, 0.717) is 10.7 Å². The lowest BCUT2D eigenvalue weighted by Crippen LogP contribution is -2.34. The normalized spacial score (nSPS) is 14.1. The molecule has 2 N–H and O–H groups in total. The lowest BCUT2D eigenvalue weighted by atomic mass is 10.0. The summed E-state index contributed by atoms with van der Waals surface area (Å²) >= 11 is 6.05. The van der Waals surface area contributed by atoms with Gasteiger partial charge in [0, 0.05) is 22.3 Å². The molecule has 1 aliphatic rings. The topological polar surface area (TPSA) is 69.6 Å². The summed E-state index contributed by atoms with van der Waals surface area (Å²) in [4.78, 5) is 25.1. The average Bonchev–Trinajstić information content (AvgIpc) is 2.83. The molecule has 0 saturated carbocycles. The second kappa shape index (κ2) is 6.86. The molecule has 1 heterocycles. The Morgan fingerprint density at radius 1 is 1.08 bits per heavy atom. The van der Waals surface area contributed by atoms with Crippen LogP contribution in [0.4, 0.5) is 5.69 Å². The Kier molecular flexibility index (Phi) is 4.64. The van der Waals surface area contributed by atoms with Gasteiger partial charge in [-0.05, 0) is 23.8 Å². The van der Waals surface area contributed by atoms with E-state index in [0.717, 1.165) is 16.0 Å². The van der Waals surface area contributed by atoms with Crippen LogP contribution in [0.1, 0.15) is 0 Å². The van der Waals surface area contributed by atoms with Gasteiger partial charge in [-0.1, -0.05) is 41.9 Å². The van der Waals surface area contributed by atoms with Crippen LogP contribution in [0, 0.1) is 0 Å². The number of benzene rings is 2. The third-order valence-corrected chi connectivity index (χ3v) is 3.90. The first-order chi connectivity index (χ1) is 11.6. The highest BCUT2D eigenvalue weighted by atomic mass is 35.5. The number of para-hydroxylation sites is 1. The molecule has 0 saturated heterocycles. The quantitative estimate of drug-likeness (QED) is 0.820. The van der Waals surface area contributed by atoms with Gasteiger partial charge in [-0.25, -0.2) is 0 Å². The second-order valence-corrected chi connectivity index (χ2v) is 5.69. The third-order valence-electron chi connectivity index (χ3n) is 3.67. The maximum absolute atomic E-state index is 12.3. The van der Waals surface area contributed by atoms with Crippen LogP contribution in [-0.4, -0.2) is 35.0 Å². The number of nitrogens with zero attached hydrogens (tertiary/aromatic N) is 1. The molecule has 0 aliphatic carbocycles. The third kappa shape index (κ3) is 3.18. The fraction of sp³-hybridized carbons (Fsp3) is 0.111. The van der Waals surface area contributed by atoms with E-state index in [-0.39, 0.29) is 18.8 Å². The standard InChI is InChI=1S/C18H15ClN2O3/c19-13-5-3-4-12(10-13)14-6-1-2-7-15(14)20-16-11-17(23)21(8-9-22)18(16)24/h1-7,10-11,20,22H,8-9H2. The summed E-state index contributed by atoms with van der Waals surface area (Å²) in [5.41, 5.74) is 2.64. The van der Waals surface area contributed by atoms with Crippen molar-refractivity contribution in [2.24, 2.45) is 0 Å². The van der Waals surface area contributed by atoms with Crippen molar-refractivity contribution in [3.05, 3.63) is 65.3 Å². The SMILES string of the molecule is O=C1C=C(Nc2ccccc2-c2cccc(Cl)c2)C(=O)N1CCO. The molecule has 0 fully saturated rings. The van der Waals surface area contributed by atoms with Gasteiger partial charge >= 0.3 is 0 Å². The van der Waals surface area contributed by atoms with Crippen LogP contribution in [-0.2, 0) is 9.59 Å². The van der Waals surface area contributed by atoms with Crippen LogP contribution in [0.15, 0.2) is 60.3 Å². The minimum Gasteiger partial charge on any atom is -0.395 e. The summed E-state index contributed by atoms with van der Waals surface area (Å²) < 4.78 is 0. The van der Waals surface area contributed by atoms with Crippen molar-refractivity contribution < 1.29 is 14.7 Å². The summed E-state index contributed by atoms with van der Waals surface area (Å²) in [5.74, 6) is -0.883. The smallest absolute Gasteiger partial charge is 0.277 e. The Morgan fingerprint density at radius 3 is 2.62 bits per heavy atom. The highest BCUT2D eigenvalue weighted by molar-refractivity contribution is 6.30. The summed E-state index contributed by atoms with van der Waals surface area (Å²) in [6.07, 6.45) is 1.24. The Bertz CT molecular complexity index is 833. The highest BCUT2D eigenvalue weighted by Crippen LogP contribution is 2.31. The molecule has 1 aliphatic heterocycles. The van der Waals surface area contributed by atoms with E-state index < -0.39 is 11.8 Å². The number of amides is 2. The number of imide groups is 1. The predicted octanol–water partition coefficient (Wildman–Crippen LogP) is 2.66. The fourth-order valence-corrected chi connectivity index (χ4v) is 2.75. The molecule has 0 spiro atoms. The number of carbonyl (C=O) groups is 2. The van der Waals surface area contributed by atoms with E-state index in [1.54, 1.807) is 6.07 Å². The number of rotatable bonds is 5. The lowest BCUT2D eigenvalue weighted by Gasteiger charge is -2.15. The van der Waals surface area contributed by atoms with Crippen LogP contribution >= 0.6 is 11.6 Å². The number of nitrogens with one attached hydrogen (secondary N) is 1. The van der Waals surface area contributed by atoms with Gasteiger partial charge in [0.1, 0.15) is 5.70 Å². The maximum Gasteiger partial charge on any atom is 0.277 e. The molecule has 0 radical (unpaired) electrons. The summed E-state index contributed by atoms with van der Waals surface area (Å²) in [6.45, 7) is -0.285. The Hall–Kier alpha value is -2.63. The number of aliphatic hydroxyl groups is 1. The van der Waals surface area contributed by atoms with Crippen LogP contribution in [0.5, 0.6) is 0 Å². The molecule has 0 aromatic heterocycles. The molecule has 0 unspecified atom stereocenters. The molecule has 6 heteroatoms. The lowest BCUT2D eigenvalue weighted by molar-refractivity contribution is -0.137. The van der Waals surface area contributed by atoms with Crippen LogP contribution in [0.2, 0.25) is 5.02 Å². The van der Waals surface area contributed by atoms with E-state index in [9.17, 15) is 9.59 Å². The molecule has 0 atom stereocenters. The molecular weight excluding hydrogens is 328 g/mol. The number of aliphatic hydroxyl groups excluding tert-OH is 1. The first kappa shape index (κ1) is 16.2. The van der Waals surface area contributed by atoms with E-state index in [1.807, 2.05) is 42.5 Å². The summed E-state index contributed by atoms with van der Waals surface area (Å²) in [6, 6.07) is 14.8. The van der Waals surface area contributed by atoms with Crippen molar-refractivity contribution >= 4 is 29.1 Å². The number of halogens is 1. The van der Waals surface area contributed by atoms with Crippen molar-refractivity contribution in [3.8, 4) is 11.1 Å². The number of hydrogen-bond donors (Lipinski definition) is 2. The van der Waals surface area contributed by atoms with Gasteiger partial charge in [0.05, 0.1) is 13.2 Å². The molecule has 2 amide bonds. The second-order valence-electron chi connectivity index (χ2n) is 5.26. The molecule has 24 heavy (non-hydrogen) atoms. The zero-order valence-electron chi connectivity index (χ0n) is 12.7. The Morgan fingerprint density at radius 2 is 1.88 bits per heavy atom. The Labute approximate surface area is 144 Å². The fourth-order valence-electron chi connectivity index (χ4n) is 2.55.